The summed E-state index contributed by atoms with van der Waals surface area (Å²) in [5.74, 6) is 0.999. The van der Waals surface area contributed by atoms with Gasteiger partial charge in [0.25, 0.3) is 0 Å². The van der Waals surface area contributed by atoms with Crippen LogP contribution >= 0.6 is 8.58 Å². The molecule has 0 aliphatic rings. The second kappa shape index (κ2) is 12.3. The molecule has 0 aliphatic heterocycles. The Kier molecular flexibility index (Phi) is 8.97. The van der Waals surface area contributed by atoms with E-state index < -0.39 is 0 Å². The molecule has 0 aliphatic carbocycles. The highest BCUT2D eigenvalue weighted by atomic mass is 31.1. The van der Waals surface area contributed by atoms with Crippen molar-refractivity contribution < 1.29 is 4.74 Å². The van der Waals surface area contributed by atoms with E-state index in [9.17, 15) is 0 Å². The van der Waals surface area contributed by atoms with Crippen LogP contribution in [0.25, 0.3) is 0 Å². The van der Waals surface area contributed by atoms with Gasteiger partial charge in [-0.05, 0) is 53.9 Å². The van der Waals surface area contributed by atoms with Crippen molar-refractivity contribution in [2.75, 3.05) is 0 Å². The minimum absolute atomic E-state index is 0.0155. The monoisotopic (exact) mass is 495 g/mol. The molecule has 4 aromatic carbocycles. The van der Waals surface area contributed by atoms with Crippen molar-refractivity contribution in [3.8, 4) is 5.75 Å². The second-order valence-electron chi connectivity index (χ2n) is 9.78. The van der Waals surface area contributed by atoms with Gasteiger partial charge in [-0.25, -0.2) is 0 Å². The standard InChI is InChI=1S/C33H38NOP/c1-5-33(4,30-21-25(2)19-20-31(30)35-24-28-16-10-7-11-17-28)36-32-26(3)13-12-18-29(32)23-34-22-27-14-8-6-9-15-27/h6-21,34,36H,5,22-24H2,1-4H3. The Labute approximate surface area is 218 Å². The van der Waals surface area contributed by atoms with E-state index in [1.54, 1.807) is 0 Å². The Balaban J connectivity index is 1.58. The van der Waals surface area contributed by atoms with E-state index in [2.05, 4.69) is 124 Å². The summed E-state index contributed by atoms with van der Waals surface area (Å²) in [6.07, 6.45) is 1.04. The molecule has 1 N–H and O–H groups in total. The average molecular weight is 496 g/mol. The number of benzene rings is 4. The molecular formula is C33H38NOP. The van der Waals surface area contributed by atoms with Crippen LogP contribution in [0.1, 0.15) is 53.6 Å². The quantitative estimate of drug-likeness (QED) is 0.214. The predicted octanol–water partition coefficient (Wildman–Crippen LogP) is 7.80. The Morgan fingerprint density at radius 2 is 1.47 bits per heavy atom. The first-order valence-corrected chi connectivity index (χ1v) is 13.9. The molecule has 4 rings (SSSR count). The maximum Gasteiger partial charge on any atom is 0.123 e. The molecule has 0 fully saturated rings. The van der Waals surface area contributed by atoms with Gasteiger partial charge in [-0.3, -0.25) is 0 Å². The van der Waals surface area contributed by atoms with Crippen molar-refractivity contribution in [1.29, 1.82) is 0 Å². The van der Waals surface area contributed by atoms with E-state index in [0.29, 0.717) is 15.2 Å². The fourth-order valence-electron chi connectivity index (χ4n) is 4.55. The summed E-state index contributed by atoms with van der Waals surface area (Å²) in [6, 6.07) is 34.4. The van der Waals surface area contributed by atoms with E-state index in [0.717, 1.165) is 25.3 Å². The third-order valence-electron chi connectivity index (χ3n) is 6.92. The zero-order chi connectivity index (χ0) is 25.4. The Hall–Kier alpha value is -2.93. The SMILES string of the molecule is CCC(C)(Pc1c(C)cccc1CNCc1ccccc1)c1cc(C)ccc1OCc1ccccc1. The zero-order valence-electron chi connectivity index (χ0n) is 22.0. The van der Waals surface area contributed by atoms with Crippen molar-refractivity contribution in [3.05, 3.63) is 130 Å². The highest BCUT2D eigenvalue weighted by Crippen LogP contribution is 2.48. The Bertz CT molecular complexity index is 1260. The topological polar surface area (TPSA) is 21.3 Å². The maximum atomic E-state index is 6.43. The molecule has 0 saturated carbocycles. The molecule has 0 aromatic heterocycles. The molecule has 36 heavy (non-hydrogen) atoms. The van der Waals surface area contributed by atoms with Crippen molar-refractivity contribution in [2.24, 2.45) is 0 Å². The number of aryl methyl sites for hydroxylation is 2. The van der Waals surface area contributed by atoms with Crippen LogP contribution in [0.15, 0.2) is 97.1 Å². The molecule has 4 aromatic rings. The van der Waals surface area contributed by atoms with Gasteiger partial charge < -0.3 is 10.1 Å². The fraction of sp³-hybridized carbons (Fsp3) is 0.273. The predicted molar refractivity (Wildman–Crippen MR) is 156 cm³/mol. The van der Waals surface area contributed by atoms with Crippen LogP contribution in [0.2, 0.25) is 0 Å². The van der Waals surface area contributed by atoms with Gasteiger partial charge in [0, 0.05) is 23.8 Å². The summed E-state index contributed by atoms with van der Waals surface area (Å²) < 4.78 is 6.43. The zero-order valence-corrected chi connectivity index (χ0v) is 23.0. The van der Waals surface area contributed by atoms with E-state index >= 15 is 0 Å². The molecular weight excluding hydrogens is 457 g/mol. The first-order chi connectivity index (χ1) is 17.5. The van der Waals surface area contributed by atoms with Gasteiger partial charge in [-0.15, -0.1) is 0 Å². The molecule has 2 nitrogen and oxygen atoms in total. The maximum absolute atomic E-state index is 6.43. The lowest BCUT2D eigenvalue weighted by Crippen LogP contribution is -2.24. The lowest BCUT2D eigenvalue weighted by Gasteiger charge is -2.33. The molecule has 0 heterocycles. The summed E-state index contributed by atoms with van der Waals surface area (Å²) in [4.78, 5) is 0. The largest absolute Gasteiger partial charge is 0.489 e. The van der Waals surface area contributed by atoms with Crippen molar-refractivity contribution in [1.82, 2.24) is 5.32 Å². The molecule has 3 heteroatoms. The van der Waals surface area contributed by atoms with Crippen LogP contribution in [0.5, 0.6) is 5.75 Å². The van der Waals surface area contributed by atoms with E-state index in [-0.39, 0.29) is 5.16 Å². The van der Waals surface area contributed by atoms with Gasteiger partial charge in [0.1, 0.15) is 12.4 Å². The van der Waals surface area contributed by atoms with Crippen LogP contribution in [-0.2, 0) is 24.9 Å². The third kappa shape index (κ3) is 6.64. The number of hydrogen-bond acceptors (Lipinski definition) is 2. The number of rotatable bonds is 11. The first-order valence-electron chi connectivity index (χ1n) is 12.9. The molecule has 2 atom stereocenters. The van der Waals surface area contributed by atoms with Gasteiger partial charge in [0.15, 0.2) is 0 Å². The van der Waals surface area contributed by atoms with Gasteiger partial charge in [0.05, 0.1) is 0 Å². The molecule has 0 spiro atoms. The lowest BCUT2D eigenvalue weighted by molar-refractivity contribution is 0.299. The number of hydrogen-bond donors (Lipinski definition) is 1. The summed E-state index contributed by atoms with van der Waals surface area (Å²) in [5, 5.41) is 5.12. The molecule has 0 radical (unpaired) electrons. The summed E-state index contributed by atoms with van der Waals surface area (Å²) in [7, 11) is 0.645. The minimum Gasteiger partial charge on any atom is -0.489 e. The van der Waals surface area contributed by atoms with Gasteiger partial charge in [-0.2, -0.15) is 0 Å². The van der Waals surface area contributed by atoms with E-state index in [1.165, 1.54) is 38.7 Å². The molecule has 2 unspecified atom stereocenters. The van der Waals surface area contributed by atoms with Crippen molar-refractivity contribution in [3.63, 3.8) is 0 Å². The van der Waals surface area contributed by atoms with Crippen molar-refractivity contribution in [2.45, 2.75) is 59.0 Å². The average Bonchev–Trinajstić information content (AvgIpc) is 2.91. The molecule has 0 bridgehead atoms. The smallest absolute Gasteiger partial charge is 0.123 e. The number of ether oxygens (including phenoxy) is 1. The minimum atomic E-state index is -0.0155. The van der Waals surface area contributed by atoms with E-state index in [1.807, 2.05) is 6.07 Å². The normalized spacial score (nSPS) is 13.1. The number of nitrogens with one attached hydrogen (secondary N) is 1. The summed E-state index contributed by atoms with van der Waals surface area (Å²) in [6.45, 7) is 11.5. The van der Waals surface area contributed by atoms with Gasteiger partial charge in [0.2, 0.25) is 0 Å². The fourth-order valence-corrected chi connectivity index (χ4v) is 6.22. The van der Waals surface area contributed by atoms with Gasteiger partial charge >= 0.3 is 0 Å². The van der Waals surface area contributed by atoms with Crippen LogP contribution in [0.3, 0.4) is 0 Å². The Morgan fingerprint density at radius 3 is 2.17 bits per heavy atom. The molecule has 0 saturated heterocycles. The van der Waals surface area contributed by atoms with Crippen LogP contribution in [-0.4, -0.2) is 0 Å². The summed E-state index contributed by atoms with van der Waals surface area (Å²) >= 11 is 0. The van der Waals surface area contributed by atoms with Gasteiger partial charge in [-0.1, -0.05) is 119 Å². The second-order valence-corrected chi connectivity index (χ2v) is 11.6. The van der Waals surface area contributed by atoms with Crippen molar-refractivity contribution >= 4 is 13.9 Å². The third-order valence-corrected chi connectivity index (χ3v) is 9.06. The van der Waals surface area contributed by atoms with E-state index in [4.69, 9.17) is 4.74 Å². The highest BCUT2D eigenvalue weighted by molar-refractivity contribution is 7.48. The Morgan fingerprint density at radius 1 is 0.778 bits per heavy atom. The first kappa shape index (κ1) is 26.1. The lowest BCUT2D eigenvalue weighted by atomic mass is 9.94. The summed E-state index contributed by atoms with van der Waals surface area (Å²) in [5.41, 5.74) is 7.85. The van der Waals surface area contributed by atoms with Crippen LogP contribution < -0.4 is 15.4 Å². The highest BCUT2D eigenvalue weighted by Gasteiger charge is 2.30. The molecule has 0 amide bonds. The van der Waals surface area contributed by atoms with Crippen LogP contribution in [0.4, 0.5) is 0 Å². The molecule has 186 valence electrons. The van der Waals surface area contributed by atoms with Crippen LogP contribution in [0, 0.1) is 13.8 Å².